The van der Waals surface area contributed by atoms with E-state index in [1.807, 2.05) is 0 Å². The van der Waals surface area contributed by atoms with E-state index in [9.17, 15) is 0 Å². The molecule has 3 radical (unpaired) electrons. The van der Waals surface area contributed by atoms with Crippen molar-refractivity contribution in [3.63, 3.8) is 0 Å². The predicted octanol–water partition coefficient (Wildman–Crippen LogP) is 4.22. The molecule has 0 aromatic heterocycles. The monoisotopic (exact) mass is 256 g/mol. The molecular formula is C17H27BN. The van der Waals surface area contributed by atoms with Gasteiger partial charge in [0.15, 0.2) is 0 Å². The zero-order valence-electron chi connectivity index (χ0n) is 12.2. The highest BCUT2D eigenvalue weighted by atomic mass is 15.3. The minimum absolute atomic E-state index is 0.740. The summed E-state index contributed by atoms with van der Waals surface area (Å²) in [6, 6.07) is 10.7. The van der Waals surface area contributed by atoms with Crippen molar-refractivity contribution >= 4 is 7.98 Å². The van der Waals surface area contributed by atoms with Crippen molar-refractivity contribution in [2.75, 3.05) is 13.1 Å². The van der Waals surface area contributed by atoms with Crippen molar-refractivity contribution in [3.8, 4) is 0 Å². The second-order valence-electron chi connectivity index (χ2n) is 6.14. The van der Waals surface area contributed by atoms with E-state index >= 15 is 0 Å². The average Bonchev–Trinajstić information content (AvgIpc) is 2.46. The molecule has 1 aromatic carbocycles. The number of hydrogen-bond acceptors (Lipinski definition) is 0. The van der Waals surface area contributed by atoms with Gasteiger partial charge in [-0.05, 0) is 25.7 Å². The molecule has 0 atom stereocenters. The number of benzene rings is 1. The molecule has 0 amide bonds. The Bertz CT molecular complexity index is 338. The van der Waals surface area contributed by atoms with E-state index < -0.39 is 0 Å². The van der Waals surface area contributed by atoms with Gasteiger partial charge in [-0.15, -0.1) is 0 Å². The fourth-order valence-electron chi connectivity index (χ4n) is 3.13. The average molecular weight is 256 g/mol. The van der Waals surface area contributed by atoms with Gasteiger partial charge in [-0.25, -0.2) is 7.98 Å². The zero-order chi connectivity index (χ0) is 13.4. The van der Waals surface area contributed by atoms with Crippen LogP contribution in [-0.4, -0.2) is 25.5 Å². The van der Waals surface area contributed by atoms with Crippen LogP contribution in [0, 0.1) is 0 Å². The highest BCUT2D eigenvalue weighted by molar-refractivity contribution is 5.97. The third-order valence-electron chi connectivity index (χ3n) is 4.30. The maximum Gasteiger partial charge on any atom is 0.0579 e. The summed E-state index contributed by atoms with van der Waals surface area (Å²) in [6.07, 6.45) is 10.9. The van der Waals surface area contributed by atoms with Crippen LogP contribution in [0.4, 0.5) is 0 Å². The Hall–Kier alpha value is -0.755. The van der Waals surface area contributed by atoms with E-state index in [-0.39, 0.29) is 0 Å². The highest BCUT2D eigenvalue weighted by Gasteiger charge is 2.11. The van der Waals surface area contributed by atoms with Gasteiger partial charge in [-0.3, -0.25) is 0 Å². The Labute approximate surface area is 120 Å². The van der Waals surface area contributed by atoms with Crippen LogP contribution in [0.5, 0.6) is 0 Å². The van der Waals surface area contributed by atoms with Crippen LogP contribution in [0.25, 0.3) is 0 Å². The molecule has 19 heavy (non-hydrogen) atoms. The van der Waals surface area contributed by atoms with Gasteiger partial charge in [0.1, 0.15) is 0 Å². The molecule has 0 N–H and O–H groups in total. The lowest BCUT2D eigenvalue weighted by molar-refractivity contribution is -0.831. The third kappa shape index (κ3) is 5.40. The first-order valence-corrected chi connectivity index (χ1v) is 7.97. The molecule has 1 heterocycles. The fourth-order valence-corrected chi connectivity index (χ4v) is 3.13. The summed E-state index contributed by atoms with van der Waals surface area (Å²) in [7, 11) is 6.67. The van der Waals surface area contributed by atoms with E-state index in [2.05, 4.69) is 30.3 Å². The normalized spacial score (nSPS) is 21.5. The lowest BCUT2D eigenvalue weighted by atomic mass is 10.0. The van der Waals surface area contributed by atoms with Gasteiger partial charge in [0.05, 0.1) is 6.54 Å². The Kier molecular flexibility index (Phi) is 5.97. The highest BCUT2D eigenvalue weighted by Crippen LogP contribution is 2.18. The molecule has 103 valence electrons. The van der Waals surface area contributed by atoms with Gasteiger partial charge in [-0.2, -0.15) is 0 Å². The van der Waals surface area contributed by atoms with Crippen molar-refractivity contribution in [1.29, 1.82) is 0 Å². The summed E-state index contributed by atoms with van der Waals surface area (Å²) >= 11 is 0. The molecule has 0 unspecified atom stereocenters. The Balaban J connectivity index is 1.95. The number of quaternary nitrogens is 1. The summed E-state index contributed by atoms with van der Waals surface area (Å²) in [5.41, 5.74) is 1.37. The lowest BCUT2D eigenvalue weighted by Gasteiger charge is -2.50. The molecule has 1 fully saturated rings. The van der Waals surface area contributed by atoms with Crippen LogP contribution in [-0.2, 0) is 6.54 Å². The SMILES string of the molecule is [B-][N+]1(Cc2ccccc2)CCCCCCCCCC1. The minimum Gasteiger partial charge on any atom is -0.584 e. The molecule has 1 nitrogen and oxygen atoms in total. The van der Waals surface area contributed by atoms with E-state index in [0.29, 0.717) is 0 Å². The molecule has 1 saturated heterocycles. The lowest BCUT2D eigenvalue weighted by Crippen LogP contribution is -2.46. The fraction of sp³-hybridized carbons (Fsp3) is 0.647. The maximum absolute atomic E-state index is 6.67. The summed E-state index contributed by atoms with van der Waals surface area (Å²) in [5.74, 6) is 0. The standard InChI is InChI=1S/C17H27BN/c18-19(16-17-12-8-7-9-13-17)14-10-5-3-1-2-4-6-11-15-19/h7-9,12-13H,1-6,10-11,14-16H2. The largest absolute Gasteiger partial charge is 0.584 e. The Morgan fingerprint density at radius 2 is 1.21 bits per heavy atom. The van der Waals surface area contributed by atoms with Crippen molar-refractivity contribution in [3.05, 3.63) is 35.9 Å². The first-order valence-electron chi connectivity index (χ1n) is 7.97. The van der Waals surface area contributed by atoms with Gasteiger partial charge in [0, 0.05) is 18.7 Å². The molecule has 0 spiro atoms. The van der Waals surface area contributed by atoms with Gasteiger partial charge in [0.2, 0.25) is 0 Å². The van der Waals surface area contributed by atoms with Crippen LogP contribution in [0.3, 0.4) is 0 Å². The number of rotatable bonds is 2. The van der Waals surface area contributed by atoms with E-state index in [4.69, 9.17) is 7.98 Å². The van der Waals surface area contributed by atoms with Gasteiger partial charge < -0.3 is 4.39 Å². The minimum atomic E-state index is 0.740. The van der Waals surface area contributed by atoms with Crippen LogP contribution in [0.15, 0.2) is 30.3 Å². The smallest absolute Gasteiger partial charge is 0.0579 e. The van der Waals surface area contributed by atoms with Gasteiger partial charge >= 0.3 is 0 Å². The second kappa shape index (κ2) is 7.74. The van der Waals surface area contributed by atoms with E-state index in [1.165, 1.54) is 56.9 Å². The van der Waals surface area contributed by atoms with Crippen LogP contribution in [0.2, 0.25) is 0 Å². The quantitative estimate of drug-likeness (QED) is 0.695. The number of nitrogens with zero attached hydrogens (tertiary/aromatic N) is 1. The zero-order valence-corrected chi connectivity index (χ0v) is 12.2. The second-order valence-corrected chi connectivity index (χ2v) is 6.14. The molecule has 1 aliphatic heterocycles. The molecule has 2 heteroatoms. The van der Waals surface area contributed by atoms with Crippen molar-refractivity contribution in [2.45, 2.75) is 57.9 Å². The van der Waals surface area contributed by atoms with Crippen molar-refractivity contribution < 1.29 is 4.39 Å². The van der Waals surface area contributed by atoms with E-state index in [1.54, 1.807) is 0 Å². The number of hydrogen-bond donors (Lipinski definition) is 0. The van der Waals surface area contributed by atoms with Crippen molar-refractivity contribution in [1.82, 2.24) is 0 Å². The maximum atomic E-state index is 6.67. The topological polar surface area (TPSA) is 0 Å². The van der Waals surface area contributed by atoms with Gasteiger partial charge in [-0.1, -0.05) is 56.0 Å². The first-order chi connectivity index (χ1) is 9.29. The molecule has 0 bridgehead atoms. The molecule has 2 rings (SSSR count). The molecule has 1 aromatic rings. The third-order valence-corrected chi connectivity index (χ3v) is 4.30. The molecular weight excluding hydrogens is 229 g/mol. The molecule has 1 aliphatic rings. The van der Waals surface area contributed by atoms with Crippen molar-refractivity contribution in [2.24, 2.45) is 0 Å². The summed E-state index contributed by atoms with van der Waals surface area (Å²) in [6.45, 7) is 3.25. The van der Waals surface area contributed by atoms with Crippen LogP contribution in [0.1, 0.15) is 56.9 Å². The van der Waals surface area contributed by atoms with E-state index in [0.717, 1.165) is 24.0 Å². The van der Waals surface area contributed by atoms with Crippen LogP contribution >= 0.6 is 0 Å². The van der Waals surface area contributed by atoms with Crippen LogP contribution < -0.4 is 0 Å². The first kappa shape index (κ1) is 14.6. The summed E-state index contributed by atoms with van der Waals surface area (Å²) < 4.78 is 0.740. The predicted molar refractivity (Wildman–Crippen MR) is 82.8 cm³/mol. The van der Waals surface area contributed by atoms with Gasteiger partial charge in [0.25, 0.3) is 0 Å². The Morgan fingerprint density at radius 3 is 1.74 bits per heavy atom. The summed E-state index contributed by atoms with van der Waals surface area (Å²) in [5, 5.41) is 0. The Morgan fingerprint density at radius 1 is 0.737 bits per heavy atom. The molecule has 0 saturated carbocycles. The molecule has 0 aliphatic carbocycles. The summed E-state index contributed by atoms with van der Waals surface area (Å²) in [4.78, 5) is 0.